The van der Waals surface area contributed by atoms with Gasteiger partial charge in [0.2, 0.25) is 15.9 Å². The Morgan fingerprint density at radius 2 is 1.91 bits per heavy atom. The molecule has 12 heteroatoms. The Hall–Kier alpha value is -2.47. The highest BCUT2D eigenvalue weighted by Crippen LogP contribution is 2.40. The highest BCUT2D eigenvalue weighted by Gasteiger charge is 2.52. The summed E-state index contributed by atoms with van der Waals surface area (Å²) >= 11 is 0. The first-order valence-corrected chi connectivity index (χ1v) is 14.6. The van der Waals surface area contributed by atoms with Crippen LogP contribution in [0.4, 0.5) is 11.4 Å². The lowest BCUT2D eigenvalue weighted by molar-refractivity contribution is -0.149. The Labute approximate surface area is 200 Å². The van der Waals surface area contributed by atoms with Crippen molar-refractivity contribution in [3.8, 4) is 0 Å². The van der Waals surface area contributed by atoms with Crippen molar-refractivity contribution in [2.24, 2.45) is 21.6 Å². The van der Waals surface area contributed by atoms with Crippen molar-refractivity contribution in [1.82, 2.24) is 4.90 Å². The maximum Gasteiger partial charge on any atom is 0.286 e. The van der Waals surface area contributed by atoms with Crippen molar-refractivity contribution < 1.29 is 26.4 Å². The second-order valence-electron chi connectivity index (χ2n) is 10.4. The minimum atomic E-state index is -4.27. The molecular weight excluding hydrogens is 480 g/mol. The van der Waals surface area contributed by atoms with Gasteiger partial charge in [-0.05, 0) is 42.9 Å². The number of hydrogen-bond donors (Lipinski definition) is 2. The summed E-state index contributed by atoms with van der Waals surface area (Å²) in [5, 5.41) is 2.87. The largest absolute Gasteiger partial charge is 0.341 e. The van der Waals surface area contributed by atoms with E-state index in [0.717, 1.165) is 31.6 Å². The van der Waals surface area contributed by atoms with Gasteiger partial charge in [0, 0.05) is 24.2 Å². The fourth-order valence-electron chi connectivity index (χ4n) is 4.87. The molecule has 3 atom stereocenters. The van der Waals surface area contributed by atoms with Gasteiger partial charge in [0.15, 0.2) is 11.7 Å². The first kappa shape index (κ1) is 24.6. The summed E-state index contributed by atoms with van der Waals surface area (Å²) < 4.78 is 55.0. The predicted octanol–water partition coefficient (Wildman–Crippen LogP) is 2.20. The number of ketones is 1. The second-order valence-corrected chi connectivity index (χ2v) is 13.8. The number of sulfonamides is 2. The van der Waals surface area contributed by atoms with Gasteiger partial charge in [0.05, 0.1) is 11.9 Å². The molecule has 1 saturated carbocycles. The van der Waals surface area contributed by atoms with Gasteiger partial charge in [-0.2, -0.15) is 8.42 Å². The molecular formula is C22H30N4O6S2. The van der Waals surface area contributed by atoms with Crippen LogP contribution in [-0.2, 0) is 29.6 Å². The molecule has 0 spiro atoms. The topological polar surface area (TPSA) is 142 Å². The van der Waals surface area contributed by atoms with Gasteiger partial charge in [0.1, 0.15) is 10.7 Å². The van der Waals surface area contributed by atoms with Crippen molar-refractivity contribution in [2.45, 2.75) is 57.4 Å². The maximum atomic E-state index is 13.5. The third-order valence-corrected chi connectivity index (χ3v) is 8.42. The number of nitrogens with one attached hydrogen (secondary N) is 2. The molecule has 1 amide bonds. The highest BCUT2D eigenvalue weighted by molar-refractivity contribution is 7.92. The van der Waals surface area contributed by atoms with E-state index in [4.69, 9.17) is 0 Å². The first-order chi connectivity index (χ1) is 15.7. The van der Waals surface area contributed by atoms with Gasteiger partial charge in [-0.3, -0.25) is 14.3 Å². The number of amides is 1. The highest BCUT2D eigenvalue weighted by atomic mass is 32.2. The molecule has 1 unspecified atom stereocenters. The smallest absolute Gasteiger partial charge is 0.286 e. The van der Waals surface area contributed by atoms with Crippen molar-refractivity contribution in [2.75, 3.05) is 22.8 Å². The molecule has 1 aromatic carbocycles. The van der Waals surface area contributed by atoms with E-state index in [1.165, 1.54) is 12.1 Å². The quantitative estimate of drug-likeness (QED) is 0.578. The zero-order valence-corrected chi connectivity index (χ0v) is 21.3. The normalized spacial score (nSPS) is 26.4. The zero-order chi connectivity index (χ0) is 25.1. The number of fused-ring (bicyclic) bond motifs is 2. The predicted molar refractivity (Wildman–Crippen MR) is 129 cm³/mol. The standard InChI is InChI=1S/C22H30N4O6S2/c1-22(2,3)10-11-26-16-7-5-6-14(16)19(27)18(21(26)28)20-23-15-9-8-13(24-33(4,29)30)12-17(15)34(31,32)25-20/h8-9,12,14,16,18,24H,5-7,10-11H2,1-4H3,(H,23,25)/t14-,16+,18?/m1/s1. The number of anilines is 2. The molecule has 0 radical (unpaired) electrons. The third-order valence-electron chi connectivity index (χ3n) is 6.48. The maximum absolute atomic E-state index is 13.5. The number of amidine groups is 1. The van der Waals surface area contributed by atoms with Crippen molar-refractivity contribution >= 4 is 48.9 Å². The Kier molecular flexibility index (Phi) is 6.04. The molecule has 1 aromatic rings. The molecule has 2 aliphatic heterocycles. The van der Waals surface area contributed by atoms with E-state index in [-0.39, 0.29) is 45.3 Å². The average Bonchev–Trinajstić information content (AvgIpc) is 3.16. The van der Waals surface area contributed by atoms with Crippen LogP contribution < -0.4 is 10.0 Å². The van der Waals surface area contributed by atoms with Crippen LogP contribution in [0.15, 0.2) is 27.5 Å². The Morgan fingerprint density at radius 3 is 2.56 bits per heavy atom. The van der Waals surface area contributed by atoms with Gasteiger partial charge in [-0.25, -0.2) is 8.42 Å². The van der Waals surface area contributed by atoms with Crippen LogP contribution >= 0.6 is 0 Å². The number of likely N-dealkylation sites (tertiary alicyclic amines) is 1. The molecule has 0 bridgehead atoms. The van der Waals surface area contributed by atoms with Crippen LogP contribution in [0.3, 0.4) is 0 Å². The van der Waals surface area contributed by atoms with E-state index in [0.29, 0.717) is 13.0 Å². The van der Waals surface area contributed by atoms with E-state index < -0.39 is 31.9 Å². The van der Waals surface area contributed by atoms with E-state index in [1.54, 1.807) is 4.90 Å². The lowest BCUT2D eigenvalue weighted by atomic mass is 9.81. The van der Waals surface area contributed by atoms with Crippen LogP contribution in [0.2, 0.25) is 0 Å². The van der Waals surface area contributed by atoms with E-state index in [9.17, 15) is 26.4 Å². The molecule has 0 aromatic heterocycles. The molecule has 2 fully saturated rings. The summed E-state index contributed by atoms with van der Waals surface area (Å²) in [4.78, 5) is 28.4. The number of Topliss-reactive ketones (excluding diaryl/α,β-unsaturated/α-hetero) is 1. The van der Waals surface area contributed by atoms with Crippen LogP contribution in [0.1, 0.15) is 46.5 Å². The van der Waals surface area contributed by atoms with Crippen LogP contribution in [-0.4, -0.2) is 58.1 Å². The average molecular weight is 511 g/mol. The lowest BCUT2D eigenvalue weighted by Gasteiger charge is -2.42. The van der Waals surface area contributed by atoms with E-state index in [2.05, 4.69) is 35.2 Å². The van der Waals surface area contributed by atoms with E-state index in [1.807, 2.05) is 0 Å². The molecule has 3 aliphatic rings. The van der Waals surface area contributed by atoms with Gasteiger partial charge in [-0.15, -0.1) is 4.40 Å². The number of piperidine rings is 1. The Bertz CT molecular complexity index is 1280. The van der Waals surface area contributed by atoms with Gasteiger partial charge in [0.25, 0.3) is 10.0 Å². The van der Waals surface area contributed by atoms with Crippen LogP contribution in [0.25, 0.3) is 0 Å². The fraction of sp³-hybridized carbons (Fsp3) is 0.591. The number of hydrogen-bond acceptors (Lipinski definition) is 7. The number of carbonyl (C=O) groups is 2. The Morgan fingerprint density at radius 1 is 1.21 bits per heavy atom. The summed E-state index contributed by atoms with van der Waals surface area (Å²) in [6.07, 6.45) is 3.97. The fourth-order valence-corrected chi connectivity index (χ4v) is 6.61. The van der Waals surface area contributed by atoms with E-state index >= 15 is 0 Å². The van der Waals surface area contributed by atoms with Gasteiger partial charge in [-0.1, -0.05) is 27.2 Å². The molecule has 1 aliphatic carbocycles. The van der Waals surface area contributed by atoms with Crippen LogP contribution in [0.5, 0.6) is 0 Å². The minimum absolute atomic E-state index is 0.00800. The number of nitrogens with zero attached hydrogens (tertiary/aromatic N) is 2. The van der Waals surface area contributed by atoms with Gasteiger partial charge >= 0.3 is 0 Å². The third kappa shape index (κ3) is 4.83. The molecule has 34 heavy (non-hydrogen) atoms. The first-order valence-electron chi connectivity index (χ1n) is 11.2. The number of benzene rings is 1. The summed E-state index contributed by atoms with van der Waals surface area (Å²) in [6, 6.07) is 3.80. The number of carbonyl (C=O) groups excluding carboxylic acids is 2. The zero-order valence-electron chi connectivity index (χ0n) is 19.7. The minimum Gasteiger partial charge on any atom is -0.341 e. The van der Waals surface area contributed by atoms with Crippen molar-refractivity contribution in [3.05, 3.63) is 18.2 Å². The van der Waals surface area contributed by atoms with Crippen molar-refractivity contribution in [1.29, 1.82) is 0 Å². The molecule has 4 rings (SSSR count). The van der Waals surface area contributed by atoms with Gasteiger partial charge < -0.3 is 10.2 Å². The second kappa shape index (κ2) is 8.33. The molecule has 10 nitrogen and oxygen atoms in total. The monoisotopic (exact) mass is 510 g/mol. The molecule has 2 N–H and O–H groups in total. The number of rotatable bonds is 5. The summed E-state index contributed by atoms with van der Waals surface area (Å²) in [5.74, 6) is -2.55. The molecule has 1 saturated heterocycles. The molecule has 2 heterocycles. The summed E-state index contributed by atoms with van der Waals surface area (Å²) in [6.45, 7) is 6.74. The summed E-state index contributed by atoms with van der Waals surface area (Å²) in [5.41, 5.74) is 0.197. The Balaban J connectivity index is 1.68. The SMILES string of the molecule is CC(C)(C)CCN1C(=O)C(C2=NS(=O)(=O)c3cc(NS(C)(=O)=O)ccc3N2)C(=O)[C@@H]2CCC[C@@H]21. The van der Waals surface area contributed by atoms with Crippen LogP contribution in [0, 0.1) is 17.3 Å². The molecule has 186 valence electrons. The summed E-state index contributed by atoms with van der Waals surface area (Å²) in [7, 11) is -7.88. The lowest BCUT2D eigenvalue weighted by Crippen LogP contribution is -2.59. The van der Waals surface area contributed by atoms with Crippen molar-refractivity contribution in [3.63, 3.8) is 0 Å².